The molecule has 1 aromatic rings. The van der Waals surface area contributed by atoms with Crippen LogP contribution in [0.25, 0.3) is 0 Å². The van der Waals surface area contributed by atoms with Gasteiger partial charge in [0.2, 0.25) is 0 Å². The highest BCUT2D eigenvalue weighted by Crippen LogP contribution is 2.22. The fourth-order valence-electron chi connectivity index (χ4n) is 0.856. The first-order chi connectivity index (χ1) is 6.47. The van der Waals surface area contributed by atoms with Gasteiger partial charge in [-0.1, -0.05) is 44.3 Å². The molecular weight excluding hydrogens is 214 g/mol. The standard InChI is InChI=1S/C9H15N3S2/c1-9(2,3)6-10-7(13-4)12-8(11-6)14-5/h1-5H3. The van der Waals surface area contributed by atoms with E-state index in [0.29, 0.717) is 0 Å². The molecule has 0 saturated carbocycles. The summed E-state index contributed by atoms with van der Waals surface area (Å²) in [5, 5.41) is 1.60. The van der Waals surface area contributed by atoms with Gasteiger partial charge in [0.25, 0.3) is 0 Å². The van der Waals surface area contributed by atoms with Gasteiger partial charge in [0, 0.05) is 5.41 Å². The molecule has 0 aromatic carbocycles. The lowest BCUT2D eigenvalue weighted by atomic mass is 9.96. The van der Waals surface area contributed by atoms with E-state index in [1.807, 2.05) is 12.5 Å². The molecule has 14 heavy (non-hydrogen) atoms. The van der Waals surface area contributed by atoms with Gasteiger partial charge in [0.05, 0.1) is 0 Å². The van der Waals surface area contributed by atoms with Gasteiger partial charge in [-0.15, -0.1) is 0 Å². The highest BCUT2D eigenvalue weighted by molar-refractivity contribution is 7.99. The monoisotopic (exact) mass is 229 g/mol. The predicted octanol–water partition coefficient (Wildman–Crippen LogP) is 2.61. The number of hydrogen-bond acceptors (Lipinski definition) is 5. The van der Waals surface area contributed by atoms with Crippen molar-refractivity contribution in [1.82, 2.24) is 15.0 Å². The molecule has 1 heterocycles. The van der Waals surface area contributed by atoms with Crippen molar-refractivity contribution >= 4 is 23.5 Å². The molecule has 0 radical (unpaired) electrons. The molecule has 0 atom stereocenters. The summed E-state index contributed by atoms with van der Waals surface area (Å²) in [5.74, 6) is 0.862. The first-order valence-corrected chi connectivity index (χ1v) is 6.77. The average Bonchev–Trinajstić information content (AvgIpc) is 2.15. The van der Waals surface area contributed by atoms with Gasteiger partial charge in [-0.3, -0.25) is 0 Å². The smallest absolute Gasteiger partial charge is 0.191 e. The Morgan fingerprint density at radius 3 is 1.57 bits per heavy atom. The maximum absolute atomic E-state index is 4.40. The Hall–Kier alpha value is -0.290. The van der Waals surface area contributed by atoms with Crippen molar-refractivity contribution < 1.29 is 0 Å². The van der Waals surface area contributed by atoms with E-state index in [1.54, 1.807) is 23.5 Å². The van der Waals surface area contributed by atoms with Crippen molar-refractivity contribution in [2.24, 2.45) is 0 Å². The van der Waals surface area contributed by atoms with Crippen LogP contribution in [0.1, 0.15) is 26.6 Å². The van der Waals surface area contributed by atoms with Crippen molar-refractivity contribution in [2.45, 2.75) is 36.5 Å². The van der Waals surface area contributed by atoms with Gasteiger partial charge in [0.1, 0.15) is 5.82 Å². The summed E-state index contributed by atoms with van der Waals surface area (Å²) < 4.78 is 0. The first-order valence-electron chi connectivity index (χ1n) is 4.32. The van der Waals surface area contributed by atoms with Crippen LogP contribution in [0.2, 0.25) is 0 Å². The van der Waals surface area contributed by atoms with Gasteiger partial charge in [-0.2, -0.15) is 4.98 Å². The molecule has 0 N–H and O–H groups in total. The highest BCUT2D eigenvalue weighted by atomic mass is 32.2. The molecule has 1 rings (SSSR count). The Morgan fingerprint density at radius 1 is 0.857 bits per heavy atom. The van der Waals surface area contributed by atoms with Crippen LogP contribution in [0.5, 0.6) is 0 Å². The average molecular weight is 229 g/mol. The third-order valence-corrected chi connectivity index (χ3v) is 2.73. The molecule has 5 heteroatoms. The van der Waals surface area contributed by atoms with Crippen molar-refractivity contribution in [1.29, 1.82) is 0 Å². The molecule has 1 aromatic heterocycles. The number of nitrogens with zero attached hydrogens (tertiary/aromatic N) is 3. The van der Waals surface area contributed by atoms with Gasteiger partial charge in [-0.25, -0.2) is 9.97 Å². The van der Waals surface area contributed by atoms with Gasteiger partial charge < -0.3 is 0 Å². The molecule has 0 fully saturated rings. The van der Waals surface area contributed by atoms with Crippen LogP contribution in [0, 0.1) is 0 Å². The maximum Gasteiger partial charge on any atom is 0.191 e. The van der Waals surface area contributed by atoms with E-state index in [1.165, 1.54) is 0 Å². The van der Waals surface area contributed by atoms with Crippen LogP contribution in [0.3, 0.4) is 0 Å². The van der Waals surface area contributed by atoms with E-state index in [2.05, 4.69) is 35.7 Å². The summed E-state index contributed by atoms with van der Waals surface area (Å²) in [4.78, 5) is 13.1. The van der Waals surface area contributed by atoms with Crippen molar-refractivity contribution in [2.75, 3.05) is 12.5 Å². The minimum Gasteiger partial charge on any atom is -0.207 e. The third kappa shape index (κ3) is 2.85. The van der Waals surface area contributed by atoms with Crippen molar-refractivity contribution in [3.63, 3.8) is 0 Å². The Kier molecular flexibility index (Phi) is 3.78. The lowest BCUT2D eigenvalue weighted by molar-refractivity contribution is 0.518. The molecule has 0 bridgehead atoms. The summed E-state index contributed by atoms with van der Waals surface area (Å²) in [7, 11) is 0. The summed E-state index contributed by atoms with van der Waals surface area (Å²) in [6.45, 7) is 6.32. The minimum absolute atomic E-state index is 0.0160. The lowest BCUT2D eigenvalue weighted by Gasteiger charge is -2.16. The fourth-order valence-corrected chi connectivity index (χ4v) is 1.62. The topological polar surface area (TPSA) is 38.7 Å². The first kappa shape index (κ1) is 11.8. The number of rotatable bonds is 2. The molecule has 3 nitrogen and oxygen atoms in total. The maximum atomic E-state index is 4.40. The van der Waals surface area contributed by atoms with E-state index >= 15 is 0 Å². The second kappa shape index (κ2) is 4.49. The van der Waals surface area contributed by atoms with Crippen LogP contribution in [-0.2, 0) is 5.41 Å². The molecule has 0 amide bonds. The zero-order chi connectivity index (χ0) is 10.8. The Labute approximate surface area is 93.5 Å². The second-order valence-electron chi connectivity index (χ2n) is 3.88. The summed E-state index contributed by atoms with van der Waals surface area (Å²) >= 11 is 3.11. The van der Waals surface area contributed by atoms with Gasteiger partial charge in [-0.05, 0) is 12.5 Å². The summed E-state index contributed by atoms with van der Waals surface area (Å²) in [6, 6.07) is 0. The van der Waals surface area contributed by atoms with Crippen LogP contribution in [0.15, 0.2) is 10.3 Å². The van der Waals surface area contributed by atoms with Gasteiger partial charge >= 0.3 is 0 Å². The van der Waals surface area contributed by atoms with Crippen molar-refractivity contribution in [3.8, 4) is 0 Å². The van der Waals surface area contributed by atoms with Crippen LogP contribution in [0.4, 0.5) is 0 Å². The van der Waals surface area contributed by atoms with Crippen molar-refractivity contribution in [3.05, 3.63) is 5.82 Å². The summed E-state index contributed by atoms with van der Waals surface area (Å²) in [6.07, 6.45) is 3.96. The fraction of sp³-hybridized carbons (Fsp3) is 0.667. The number of hydrogen-bond donors (Lipinski definition) is 0. The van der Waals surface area contributed by atoms with E-state index in [4.69, 9.17) is 0 Å². The van der Waals surface area contributed by atoms with E-state index in [-0.39, 0.29) is 5.41 Å². The normalized spacial score (nSPS) is 11.8. The zero-order valence-electron chi connectivity index (χ0n) is 9.16. The lowest BCUT2D eigenvalue weighted by Crippen LogP contribution is -2.17. The molecule has 0 aliphatic rings. The summed E-state index contributed by atoms with van der Waals surface area (Å²) in [5.41, 5.74) is -0.0160. The zero-order valence-corrected chi connectivity index (χ0v) is 10.8. The van der Waals surface area contributed by atoms with Crippen LogP contribution < -0.4 is 0 Å². The van der Waals surface area contributed by atoms with Crippen LogP contribution in [-0.4, -0.2) is 27.5 Å². The second-order valence-corrected chi connectivity index (χ2v) is 5.43. The molecule has 0 aliphatic heterocycles. The highest BCUT2D eigenvalue weighted by Gasteiger charge is 2.19. The quantitative estimate of drug-likeness (QED) is 0.729. The van der Waals surface area contributed by atoms with E-state index in [0.717, 1.165) is 16.1 Å². The Bertz CT molecular complexity index is 298. The Morgan fingerprint density at radius 2 is 1.29 bits per heavy atom. The molecule has 0 unspecified atom stereocenters. The van der Waals surface area contributed by atoms with Crippen LogP contribution >= 0.6 is 23.5 Å². The molecule has 78 valence electrons. The number of aromatic nitrogens is 3. The van der Waals surface area contributed by atoms with E-state index < -0.39 is 0 Å². The van der Waals surface area contributed by atoms with E-state index in [9.17, 15) is 0 Å². The molecule has 0 saturated heterocycles. The number of thioether (sulfide) groups is 2. The minimum atomic E-state index is -0.0160. The molecule has 0 spiro atoms. The molecule has 0 aliphatic carbocycles. The Balaban J connectivity index is 3.17. The third-order valence-electron chi connectivity index (χ3n) is 1.63. The van der Waals surface area contributed by atoms with Gasteiger partial charge in [0.15, 0.2) is 10.3 Å². The molecular formula is C9H15N3S2. The SMILES string of the molecule is CSc1nc(SC)nc(C(C)(C)C)n1. The predicted molar refractivity (Wildman–Crippen MR) is 62.1 cm³/mol. The largest absolute Gasteiger partial charge is 0.207 e.